The molecule has 0 atom stereocenters. The van der Waals surface area contributed by atoms with Gasteiger partial charge in [-0.15, -0.1) is 0 Å². The Morgan fingerprint density at radius 3 is 2.54 bits per heavy atom. The molecule has 0 aliphatic rings. The first-order valence-corrected chi connectivity index (χ1v) is 5.06. The van der Waals surface area contributed by atoms with Crippen LogP contribution in [-0.4, -0.2) is 23.6 Å². The van der Waals surface area contributed by atoms with Gasteiger partial charge in [0.1, 0.15) is 5.60 Å². The van der Waals surface area contributed by atoms with Crippen LogP contribution >= 0.6 is 15.9 Å². The molecule has 0 saturated heterocycles. The summed E-state index contributed by atoms with van der Waals surface area (Å²) in [4.78, 5) is 11.0. The lowest BCUT2D eigenvalue weighted by atomic mass is 10.2. The first-order chi connectivity index (χ1) is 5.95. The van der Waals surface area contributed by atoms with Crippen LogP contribution < -0.4 is 5.32 Å². The molecule has 13 heavy (non-hydrogen) atoms. The maximum Gasteiger partial charge on any atom is 0.408 e. The minimum Gasteiger partial charge on any atom is -0.444 e. The molecule has 0 bridgehead atoms. The fourth-order valence-electron chi connectivity index (χ4n) is 0.540. The molecular weight excluding hydrogens is 234 g/mol. The maximum atomic E-state index is 11.0. The van der Waals surface area contributed by atoms with Crippen LogP contribution in [0.15, 0.2) is 0 Å². The zero-order chi connectivity index (χ0) is 10.3. The number of nitrogens with one attached hydrogen (secondary N) is 1. The molecule has 0 aliphatic heterocycles. The minimum absolute atomic E-state index is 0.320. The van der Waals surface area contributed by atoms with Crippen molar-refractivity contribution in [1.29, 1.82) is 0 Å². The number of rotatable bonds is 1. The van der Waals surface area contributed by atoms with E-state index in [9.17, 15) is 4.79 Å². The molecule has 4 heteroatoms. The Morgan fingerprint density at radius 2 is 2.08 bits per heavy atom. The monoisotopic (exact) mass is 247 g/mol. The number of alkyl halides is 1. The van der Waals surface area contributed by atoms with Gasteiger partial charge in [-0.1, -0.05) is 27.8 Å². The molecular formula is C9H14BrNO2. The number of alkyl carbamates (subject to hydrolysis) is 1. The topological polar surface area (TPSA) is 38.3 Å². The number of carbonyl (C=O) groups is 1. The van der Waals surface area contributed by atoms with Crippen LogP contribution in [0.2, 0.25) is 0 Å². The third-order valence-electron chi connectivity index (χ3n) is 0.912. The number of hydrogen-bond donors (Lipinski definition) is 1. The van der Waals surface area contributed by atoms with Gasteiger partial charge in [-0.2, -0.15) is 0 Å². The Morgan fingerprint density at radius 1 is 1.46 bits per heavy atom. The van der Waals surface area contributed by atoms with E-state index < -0.39 is 11.7 Å². The number of halogens is 1. The number of hydrogen-bond acceptors (Lipinski definition) is 2. The highest BCUT2D eigenvalue weighted by Gasteiger charge is 2.14. The van der Waals surface area contributed by atoms with Crippen molar-refractivity contribution in [3.8, 4) is 11.8 Å². The third kappa shape index (κ3) is 9.22. The SMILES string of the molecule is CC(C)(C)OC(=O)NCC#CCBr. The molecule has 0 saturated carbocycles. The van der Waals surface area contributed by atoms with Crippen LogP contribution in [0.1, 0.15) is 20.8 Å². The molecule has 0 rings (SSSR count). The lowest BCUT2D eigenvalue weighted by Gasteiger charge is -2.18. The van der Waals surface area contributed by atoms with Gasteiger partial charge in [0, 0.05) is 0 Å². The van der Waals surface area contributed by atoms with E-state index in [1.807, 2.05) is 20.8 Å². The van der Waals surface area contributed by atoms with Gasteiger partial charge < -0.3 is 10.1 Å². The van der Waals surface area contributed by atoms with E-state index in [1.54, 1.807) is 0 Å². The summed E-state index contributed by atoms with van der Waals surface area (Å²) in [5.41, 5.74) is -0.451. The molecule has 0 aromatic rings. The Kier molecular flexibility index (Phi) is 5.56. The molecule has 3 nitrogen and oxygen atoms in total. The van der Waals surface area contributed by atoms with Crippen LogP contribution in [0.5, 0.6) is 0 Å². The molecule has 74 valence electrons. The van der Waals surface area contributed by atoms with Gasteiger partial charge in [0.2, 0.25) is 0 Å². The standard InChI is InChI=1S/C9H14BrNO2/c1-9(2,3)13-8(12)11-7-5-4-6-10/h6-7H2,1-3H3,(H,11,12). The smallest absolute Gasteiger partial charge is 0.408 e. The van der Waals surface area contributed by atoms with E-state index in [4.69, 9.17) is 4.74 Å². The molecule has 1 amide bonds. The lowest BCUT2D eigenvalue weighted by molar-refractivity contribution is 0.0535. The summed E-state index contributed by atoms with van der Waals surface area (Å²) in [7, 11) is 0. The van der Waals surface area contributed by atoms with Gasteiger partial charge >= 0.3 is 6.09 Å². The normalized spacial score (nSPS) is 9.85. The van der Waals surface area contributed by atoms with Crippen LogP contribution in [0.4, 0.5) is 4.79 Å². The predicted molar refractivity (Wildman–Crippen MR) is 55.8 cm³/mol. The van der Waals surface area contributed by atoms with E-state index in [0.29, 0.717) is 11.9 Å². The van der Waals surface area contributed by atoms with E-state index in [-0.39, 0.29) is 0 Å². The quantitative estimate of drug-likeness (QED) is 0.568. The second kappa shape index (κ2) is 5.87. The number of amides is 1. The summed E-state index contributed by atoms with van der Waals surface area (Å²) in [5.74, 6) is 5.51. The Balaban J connectivity index is 3.64. The molecule has 0 aromatic heterocycles. The van der Waals surface area contributed by atoms with Crippen molar-refractivity contribution < 1.29 is 9.53 Å². The average Bonchev–Trinajstić information content (AvgIpc) is 1.94. The molecule has 0 heterocycles. The van der Waals surface area contributed by atoms with Crippen molar-refractivity contribution in [3.63, 3.8) is 0 Å². The first kappa shape index (κ1) is 12.3. The Labute approximate surface area is 87.4 Å². The highest BCUT2D eigenvalue weighted by atomic mass is 79.9. The predicted octanol–water partition coefficient (Wildman–Crippen LogP) is 1.91. The van der Waals surface area contributed by atoms with E-state index in [0.717, 1.165) is 0 Å². The van der Waals surface area contributed by atoms with Crippen LogP contribution in [0.25, 0.3) is 0 Å². The second-order valence-electron chi connectivity index (χ2n) is 3.34. The average molecular weight is 248 g/mol. The van der Waals surface area contributed by atoms with E-state index in [2.05, 4.69) is 33.1 Å². The molecule has 0 radical (unpaired) electrons. The lowest BCUT2D eigenvalue weighted by Crippen LogP contribution is -2.32. The highest BCUT2D eigenvalue weighted by molar-refractivity contribution is 9.09. The van der Waals surface area contributed by atoms with Crippen LogP contribution in [-0.2, 0) is 4.74 Å². The van der Waals surface area contributed by atoms with Crippen LogP contribution in [0, 0.1) is 11.8 Å². The summed E-state index contributed by atoms with van der Waals surface area (Å²) < 4.78 is 4.99. The van der Waals surface area contributed by atoms with Crippen molar-refractivity contribution in [2.45, 2.75) is 26.4 Å². The zero-order valence-corrected chi connectivity index (χ0v) is 9.69. The van der Waals surface area contributed by atoms with Gasteiger partial charge in [-0.3, -0.25) is 0 Å². The number of carbonyl (C=O) groups excluding carboxylic acids is 1. The van der Waals surface area contributed by atoms with Gasteiger partial charge in [-0.05, 0) is 20.8 Å². The summed E-state index contributed by atoms with van der Waals surface area (Å²) in [6.07, 6.45) is -0.434. The first-order valence-electron chi connectivity index (χ1n) is 3.94. The molecule has 0 aromatic carbocycles. The fraction of sp³-hybridized carbons (Fsp3) is 0.667. The second-order valence-corrected chi connectivity index (χ2v) is 3.90. The molecule has 0 spiro atoms. The summed E-state index contributed by atoms with van der Waals surface area (Å²) in [5, 5.41) is 3.13. The van der Waals surface area contributed by atoms with Gasteiger partial charge in [0.15, 0.2) is 0 Å². The van der Waals surface area contributed by atoms with Crippen molar-refractivity contribution in [2.75, 3.05) is 11.9 Å². The van der Waals surface area contributed by atoms with Gasteiger partial charge in [-0.25, -0.2) is 4.79 Å². The summed E-state index contributed by atoms with van der Waals surface area (Å²) in [6, 6.07) is 0. The molecule has 0 aliphatic carbocycles. The molecule has 0 unspecified atom stereocenters. The van der Waals surface area contributed by atoms with E-state index in [1.165, 1.54) is 0 Å². The summed E-state index contributed by atoms with van der Waals surface area (Å²) in [6.45, 7) is 5.77. The number of ether oxygens (including phenoxy) is 1. The Hall–Kier alpha value is -0.690. The summed E-state index contributed by atoms with van der Waals surface area (Å²) >= 11 is 3.15. The fourth-order valence-corrected chi connectivity index (χ4v) is 0.739. The van der Waals surface area contributed by atoms with Crippen LogP contribution in [0.3, 0.4) is 0 Å². The third-order valence-corrected chi connectivity index (χ3v) is 1.19. The van der Waals surface area contributed by atoms with Crippen molar-refractivity contribution >= 4 is 22.0 Å². The van der Waals surface area contributed by atoms with Gasteiger partial charge in [0.25, 0.3) is 0 Å². The molecule has 0 fully saturated rings. The van der Waals surface area contributed by atoms with Gasteiger partial charge in [0.05, 0.1) is 11.9 Å². The largest absolute Gasteiger partial charge is 0.444 e. The van der Waals surface area contributed by atoms with Crippen molar-refractivity contribution in [2.24, 2.45) is 0 Å². The Bertz CT molecular complexity index is 222. The van der Waals surface area contributed by atoms with Crippen molar-refractivity contribution in [1.82, 2.24) is 5.32 Å². The molecule has 1 N–H and O–H groups in total. The minimum atomic E-state index is -0.451. The van der Waals surface area contributed by atoms with E-state index >= 15 is 0 Å². The zero-order valence-electron chi connectivity index (χ0n) is 8.11. The maximum absolute atomic E-state index is 11.0. The highest BCUT2D eigenvalue weighted by Crippen LogP contribution is 2.05. The van der Waals surface area contributed by atoms with Crippen molar-refractivity contribution in [3.05, 3.63) is 0 Å².